The molecule has 1 aliphatic carbocycles. The zero-order chi connectivity index (χ0) is 14.9. The number of benzene rings is 1. The van der Waals surface area contributed by atoms with Gasteiger partial charge >= 0.3 is 0 Å². The molecule has 0 unspecified atom stereocenters. The lowest BCUT2D eigenvalue weighted by Crippen LogP contribution is -2.29. The Hall–Kier alpha value is -1.47. The molecule has 6 nitrogen and oxygen atoms in total. The lowest BCUT2D eigenvalue weighted by molar-refractivity contribution is 0.384. The van der Waals surface area contributed by atoms with Crippen LogP contribution in [0.5, 0.6) is 11.5 Å². The molecule has 0 aromatic heterocycles. The van der Waals surface area contributed by atoms with Crippen LogP contribution >= 0.6 is 0 Å². The van der Waals surface area contributed by atoms with Crippen LogP contribution in [0.3, 0.4) is 0 Å². The lowest BCUT2D eigenvalue weighted by Gasteiger charge is -2.19. The maximum atomic E-state index is 12.6. The van der Waals surface area contributed by atoms with E-state index in [1.807, 2.05) is 0 Å². The Morgan fingerprint density at radius 3 is 2.35 bits per heavy atom. The van der Waals surface area contributed by atoms with Gasteiger partial charge in [-0.3, -0.25) is 0 Å². The lowest BCUT2D eigenvalue weighted by atomic mass is 10.3. The molecule has 0 spiro atoms. The molecule has 0 atom stereocenters. The summed E-state index contributed by atoms with van der Waals surface area (Å²) in [6.45, 7) is 0.525. The van der Waals surface area contributed by atoms with E-state index in [1.54, 1.807) is 7.05 Å². The standard InChI is InChI=1S/C13H20N2O4S/c1-15(8-9-4-5-9)20(16,17)13-6-10(14)11(18-2)7-12(13)19-3/h6-7,9H,4-5,8,14H2,1-3H3. The van der Waals surface area contributed by atoms with Gasteiger partial charge in [0.05, 0.1) is 19.9 Å². The molecule has 1 aromatic carbocycles. The van der Waals surface area contributed by atoms with Gasteiger partial charge in [-0.1, -0.05) is 0 Å². The molecule has 1 saturated carbocycles. The fourth-order valence-electron chi connectivity index (χ4n) is 2.02. The Morgan fingerprint density at radius 1 is 1.25 bits per heavy atom. The molecule has 2 rings (SSSR count). The molecule has 0 bridgehead atoms. The van der Waals surface area contributed by atoms with Crippen LogP contribution in [0, 0.1) is 5.92 Å². The molecule has 0 aliphatic heterocycles. The van der Waals surface area contributed by atoms with Crippen molar-refractivity contribution in [3.8, 4) is 11.5 Å². The fourth-order valence-corrected chi connectivity index (χ4v) is 3.44. The predicted octanol–water partition coefficient (Wildman–Crippen LogP) is 1.32. The number of anilines is 1. The second kappa shape index (κ2) is 5.49. The van der Waals surface area contributed by atoms with Crippen molar-refractivity contribution in [1.82, 2.24) is 4.31 Å². The van der Waals surface area contributed by atoms with E-state index in [0.29, 0.717) is 18.2 Å². The van der Waals surface area contributed by atoms with Crippen molar-refractivity contribution in [2.24, 2.45) is 5.92 Å². The van der Waals surface area contributed by atoms with Crippen molar-refractivity contribution in [2.45, 2.75) is 17.7 Å². The van der Waals surface area contributed by atoms with Gasteiger partial charge in [-0.15, -0.1) is 0 Å². The molecule has 0 radical (unpaired) electrons. The van der Waals surface area contributed by atoms with Gasteiger partial charge in [-0.2, -0.15) is 0 Å². The van der Waals surface area contributed by atoms with Crippen LogP contribution in [0.25, 0.3) is 0 Å². The minimum Gasteiger partial charge on any atom is -0.495 e. The number of rotatable bonds is 6. The number of ether oxygens (including phenoxy) is 2. The summed E-state index contributed by atoms with van der Waals surface area (Å²) in [7, 11) is 0.858. The van der Waals surface area contributed by atoms with Crippen LogP contribution in [-0.4, -0.2) is 40.5 Å². The number of hydrogen-bond acceptors (Lipinski definition) is 5. The topological polar surface area (TPSA) is 81.9 Å². The Morgan fingerprint density at radius 2 is 1.85 bits per heavy atom. The van der Waals surface area contributed by atoms with E-state index in [2.05, 4.69) is 0 Å². The van der Waals surface area contributed by atoms with E-state index in [-0.39, 0.29) is 16.3 Å². The molecule has 0 saturated heterocycles. The van der Waals surface area contributed by atoms with Crippen molar-refractivity contribution in [3.63, 3.8) is 0 Å². The largest absolute Gasteiger partial charge is 0.495 e. The van der Waals surface area contributed by atoms with Crippen LogP contribution in [-0.2, 0) is 10.0 Å². The molecule has 20 heavy (non-hydrogen) atoms. The van der Waals surface area contributed by atoms with Crippen molar-refractivity contribution >= 4 is 15.7 Å². The summed E-state index contributed by atoms with van der Waals surface area (Å²) in [4.78, 5) is 0.0708. The van der Waals surface area contributed by atoms with Gasteiger partial charge in [0.1, 0.15) is 16.4 Å². The minimum atomic E-state index is -3.61. The highest BCUT2D eigenvalue weighted by Crippen LogP contribution is 2.36. The summed E-state index contributed by atoms with van der Waals surface area (Å²) in [5, 5.41) is 0. The zero-order valence-corrected chi connectivity index (χ0v) is 12.7. The summed E-state index contributed by atoms with van der Waals surface area (Å²) in [5.74, 6) is 1.10. The summed E-state index contributed by atoms with van der Waals surface area (Å²) >= 11 is 0. The zero-order valence-electron chi connectivity index (χ0n) is 11.9. The quantitative estimate of drug-likeness (QED) is 0.801. The average molecular weight is 300 g/mol. The molecule has 1 aliphatic rings. The Kier molecular flexibility index (Phi) is 4.10. The van der Waals surface area contributed by atoms with E-state index in [9.17, 15) is 8.42 Å². The molecule has 0 heterocycles. The number of nitrogens with two attached hydrogens (primary N) is 1. The van der Waals surface area contributed by atoms with Gasteiger partial charge in [-0.25, -0.2) is 12.7 Å². The highest BCUT2D eigenvalue weighted by Gasteiger charge is 2.31. The smallest absolute Gasteiger partial charge is 0.246 e. The SMILES string of the molecule is COc1cc(OC)c(S(=O)(=O)N(C)CC2CC2)cc1N. The maximum absolute atomic E-state index is 12.6. The number of nitrogens with zero attached hydrogens (tertiary/aromatic N) is 1. The van der Waals surface area contributed by atoms with Gasteiger partial charge < -0.3 is 15.2 Å². The van der Waals surface area contributed by atoms with Crippen LogP contribution in [0.2, 0.25) is 0 Å². The summed E-state index contributed by atoms with van der Waals surface area (Å²) in [5.41, 5.74) is 6.07. The summed E-state index contributed by atoms with van der Waals surface area (Å²) < 4.78 is 36.7. The highest BCUT2D eigenvalue weighted by atomic mass is 32.2. The Labute approximate surface area is 119 Å². The third-order valence-corrected chi connectivity index (χ3v) is 5.26. The summed E-state index contributed by atoms with van der Waals surface area (Å²) in [6.07, 6.45) is 2.17. The van der Waals surface area contributed by atoms with Crippen molar-refractivity contribution in [1.29, 1.82) is 0 Å². The van der Waals surface area contributed by atoms with Crippen LogP contribution in [0.15, 0.2) is 17.0 Å². The number of hydrogen-bond donors (Lipinski definition) is 1. The van der Waals surface area contributed by atoms with E-state index in [1.165, 1.54) is 30.7 Å². The first-order valence-electron chi connectivity index (χ1n) is 6.38. The normalized spacial score (nSPS) is 15.4. The van der Waals surface area contributed by atoms with E-state index < -0.39 is 10.0 Å². The molecular formula is C13H20N2O4S. The second-order valence-corrected chi connectivity index (χ2v) is 6.99. The first kappa shape index (κ1) is 14.9. The number of methoxy groups -OCH3 is 2. The van der Waals surface area contributed by atoms with Crippen molar-refractivity contribution in [3.05, 3.63) is 12.1 Å². The molecule has 0 amide bonds. The molecule has 112 valence electrons. The van der Waals surface area contributed by atoms with Crippen LogP contribution < -0.4 is 15.2 Å². The molecule has 1 aromatic rings. The van der Waals surface area contributed by atoms with E-state index in [0.717, 1.165) is 12.8 Å². The molecule has 1 fully saturated rings. The van der Waals surface area contributed by atoms with E-state index >= 15 is 0 Å². The van der Waals surface area contributed by atoms with Gasteiger partial charge in [0.25, 0.3) is 0 Å². The number of sulfonamides is 1. The van der Waals surface area contributed by atoms with Gasteiger partial charge in [0.2, 0.25) is 10.0 Å². The summed E-state index contributed by atoms with van der Waals surface area (Å²) in [6, 6.07) is 2.88. The number of nitrogen functional groups attached to an aromatic ring is 1. The van der Waals surface area contributed by atoms with Crippen molar-refractivity contribution < 1.29 is 17.9 Å². The monoisotopic (exact) mass is 300 g/mol. The third-order valence-electron chi connectivity index (χ3n) is 3.42. The predicted molar refractivity (Wildman–Crippen MR) is 76.5 cm³/mol. The van der Waals surface area contributed by atoms with Crippen molar-refractivity contribution in [2.75, 3.05) is 33.5 Å². The van der Waals surface area contributed by atoms with E-state index in [4.69, 9.17) is 15.2 Å². The fraction of sp³-hybridized carbons (Fsp3) is 0.538. The van der Waals surface area contributed by atoms with Gasteiger partial charge in [0.15, 0.2) is 0 Å². The average Bonchev–Trinajstić information content (AvgIpc) is 3.22. The second-order valence-electron chi connectivity index (χ2n) is 4.97. The highest BCUT2D eigenvalue weighted by molar-refractivity contribution is 7.89. The first-order valence-corrected chi connectivity index (χ1v) is 7.82. The third kappa shape index (κ3) is 2.83. The Balaban J connectivity index is 2.41. The molecule has 7 heteroatoms. The molecular weight excluding hydrogens is 280 g/mol. The maximum Gasteiger partial charge on any atom is 0.246 e. The Bertz CT molecular complexity index is 597. The minimum absolute atomic E-state index is 0.0708. The molecule has 2 N–H and O–H groups in total. The van der Waals surface area contributed by atoms with Crippen LogP contribution in [0.1, 0.15) is 12.8 Å². The van der Waals surface area contributed by atoms with Gasteiger partial charge in [-0.05, 0) is 24.8 Å². The van der Waals surface area contributed by atoms with Crippen LogP contribution in [0.4, 0.5) is 5.69 Å². The van der Waals surface area contributed by atoms with Gasteiger partial charge in [0, 0.05) is 19.7 Å². The first-order chi connectivity index (χ1) is 9.40.